The lowest BCUT2D eigenvalue weighted by atomic mass is 10.0. The average Bonchev–Trinajstić information content (AvgIpc) is 2.35. The van der Waals surface area contributed by atoms with Crippen LogP contribution in [0.3, 0.4) is 0 Å². The first kappa shape index (κ1) is 14.6. The number of carbonyl (C=O) groups is 1. The van der Waals surface area contributed by atoms with Crippen LogP contribution in [0.4, 0.5) is 5.82 Å². The van der Waals surface area contributed by atoms with Gasteiger partial charge in [-0.15, -0.1) is 0 Å². The average molecular weight is 312 g/mol. The molecule has 2 aromatic rings. The molecule has 0 amide bonds. The van der Waals surface area contributed by atoms with Crippen molar-refractivity contribution in [3.8, 4) is 0 Å². The Balaban J connectivity index is 2.41. The molecule has 0 aliphatic heterocycles. The van der Waals surface area contributed by atoms with Crippen LogP contribution in [-0.4, -0.2) is 21.0 Å². The van der Waals surface area contributed by atoms with E-state index in [9.17, 15) is 4.79 Å². The second-order valence-electron chi connectivity index (χ2n) is 4.21. The van der Waals surface area contributed by atoms with E-state index in [1.807, 2.05) is 0 Å². The van der Waals surface area contributed by atoms with Gasteiger partial charge in [-0.05, 0) is 24.6 Å². The molecular formula is C13H11Cl2N3O2. The summed E-state index contributed by atoms with van der Waals surface area (Å²) in [5, 5.41) is 9.93. The highest BCUT2D eigenvalue weighted by atomic mass is 35.5. The molecule has 0 fully saturated rings. The van der Waals surface area contributed by atoms with Gasteiger partial charge < -0.3 is 10.8 Å². The molecule has 1 aromatic heterocycles. The maximum Gasteiger partial charge on any atom is 0.374 e. The molecule has 104 valence electrons. The SMILES string of the molecule is Cc1nc(C(=O)O)nc(N)c1Cc1ccc(Cl)cc1Cl. The van der Waals surface area contributed by atoms with E-state index in [4.69, 9.17) is 34.0 Å². The summed E-state index contributed by atoms with van der Waals surface area (Å²) in [4.78, 5) is 18.5. The van der Waals surface area contributed by atoms with Crippen LogP contribution < -0.4 is 5.73 Å². The van der Waals surface area contributed by atoms with Crippen LogP contribution in [0, 0.1) is 6.92 Å². The lowest BCUT2D eigenvalue weighted by Gasteiger charge is -2.10. The van der Waals surface area contributed by atoms with Crippen LogP contribution >= 0.6 is 23.2 Å². The molecular weight excluding hydrogens is 301 g/mol. The summed E-state index contributed by atoms with van der Waals surface area (Å²) < 4.78 is 0. The molecule has 0 spiro atoms. The third-order valence-electron chi connectivity index (χ3n) is 2.82. The number of rotatable bonds is 3. The van der Waals surface area contributed by atoms with Gasteiger partial charge in [0, 0.05) is 27.7 Å². The van der Waals surface area contributed by atoms with Gasteiger partial charge in [-0.25, -0.2) is 14.8 Å². The second-order valence-corrected chi connectivity index (χ2v) is 5.06. The highest BCUT2D eigenvalue weighted by Gasteiger charge is 2.15. The zero-order valence-corrected chi connectivity index (χ0v) is 12.0. The molecule has 7 heteroatoms. The first-order valence-corrected chi connectivity index (χ1v) is 6.44. The Hall–Kier alpha value is -1.85. The largest absolute Gasteiger partial charge is 0.475 e. The van der Waals surface area contributed by atoms with Crippen LogP contribution in [0.25, 0.3) is 0 Å². The van der Waals surface area contributed by atoms with E-state index in [2.05, 4.69) is 9.97 Å². The molecule has 3 N–H and O–H groups in total. The summed E-state index contributed by atoms with van der Waals surface area (Å²) in [6.07, 6.45) is 0.410. The molecule has 0 bridgehead atoms. The second kappa shape index (κ2) is 5.64. The fourth-order valence-corrected chi connectivity index (χ4v) is 2.26. The van der Waals surface area contributed by atoms with E-state index < -0.39 is 5.97 Å². The molecule has 5 nitrogen and oxygen atoms in total. The Kier molecular flexibility index (Phi) is 4.11. The molecule has 0 radical (unpaired) electrons. The van der Waals surface area contributed by atoms with Gasteiger partial charge in [0.15, 0.2) is 0 Å². The van der Waals surface area contributed by atoms with Crippen molar-refractivity contribution < 1.29 is 9.90 Å². The highest BCUT2D eigenvalue weighted by molar-refractivity contribution is 6.35. The Morgan fingerprint density at radius 1 is 1.35 bits per heavy atom. The van der Waals surface area contributed by atoms with E-state index in [0.29, 0.717) is 27.7 Å². The maximum absolute atomic E-state index is 10.9. The number of hydrogen-bond acceptors (Lipinski definition) is 4. The van der Waals surface area contributed by atoms with E-state index in [1.54, 1.807) is 25.1 Å². The van der Waals surface area contributed by atoms with Crippen LogP contribution in [0.15, 0.2) is 18.2 Å². The Morgan fingerprint density at radius 3 is 2.60 bits per heavy atom. The van der Waals surface area contributed by atoms with Crippen molar-refractivity contribution in [3.05, 3.63) is 50.9 Å². The molecule has 0 saturated carbocycles. The number of benzene rings is 1. The van der Waals surface area contributed by atoms with Gasteiger partial charge in [0.2, 0.25) is 5.82 Å². The van der Waals surface area contributed by atoms with Crippen LogP contribution in [0.1, 0.15) is 27.4 Å². The van der Waals surface area contributed by atoms with Crippen molar-refractivity contribution in [2.75, 3.05) is 5.73 Å². The molecule has 1 aromatic carbocycles. The minimum Gasteiger partial charge on any atom is -0.475 e. The highest BCUT2D eigenvalue weighted by Crippen LogP contribution is 2.25. The zero-order valence-electron chi connectivity index (χ0n) is 10.5. The number of carboxylic acids is 1. The van der Waals surface area contributed by atoms with E-state index in [0.717, 1.165) is 5.56 Å². The minimum absolute atomic E-state index is 0.140. The number of halogens is 2. The standard InChI is InChI=1S/C13H11Cl2N3O2/c1-6-9(11(16)18-12(17-6)13(19)20)4-7-2-3-8(14)5-10(7)15/h2-3,5H,4H2,1H3,(H,19,20)(H2,16,17,18). The summed E-state index contributed by atoms with van der Waals surface area (Å²) in [6, 6.07) is 5.14. The number of anilines is 1. The van der Waals surface area contributed by atoms with Crippen molar-refractivity contribution in [1.82, 2.24) is 9.97 Å². The summed E-state index contributed by atoms with van der Waals surface area (Å²) in [6.45, 7) is 1.68. The third kappa shape index (κ3) is 3.00. The zero-order chi connectivity index (χ0) is 14.9. The molecule has 0 unspecified atom stereocenters. The predicted molar refractivity (Wildman–Crippen MR) is 77.4 cm³/mol. The Morgan fingerprint density at radius 2 is 2.05 bits per heavy atom. The number of aryl methyl sites for hydroxylation is 1. The van der Waals surface area contributed by atoms with Gasteiger partial charge in [-0.1, -0.05) is 29.3 Å². The number of carboxylic acid groups (broad SMARTS) is 1. The lowest BCUT2D eigenvalue weighted by molar-refractivity contribution is 0.0683. The number of nitrogens with two attached hydrogens (primary N) is 1. The first-order chi connectivity index (χ1) is 9.38. The maximum atomic E-state index is 10.9. The number of aromatic carboxylic acids is 1. The number of nitrogens with zero attached hydrogens (tertiary/aromatic N) is 2. The van der Waals surface area contributed by atoms with Gasteiger partial charge in [0.25, 0.3) is 0 Å². The molecule has 1 heterocycles. The van der Waals surface area contributed by atoms with Gasteiger partial charge >= 0.3 is 5.97 Å². The van der Waals surface area contributed by atoms with Crippen molar-refractivity contribution in [1.29, 1.82) is 0 Å². The molecule has 20 heavy (non-hydrogen) atoms. The summed E-state index contributed by atoms with van der Waals surface area (Å²) in [5.41, 5.74) is 7.79. The number of hydrogen-bond donors (Lipinski definition) is 2. The fraction of sp³-hybridized carbons (Fsp3) is 0.154. The van der Waals surface area contributed by atoms with E-state index >= 15 is 0 Å². The van der Waals surface area contributed by atoms with E-state index in [-0.39, 0.29) is 11.6 Å². The normalized spacial score (nSPS) is 10.6. The molecule has 2 rings (SSSR count). The number of nitrogen functional groups attached to an aromatic ring is 1. The van der Waals surface area contributed by atoms with Crippen LogP contribution in [0.5, 0.6) is 0 Å². The first-order valence-electron chi connectivity index (χ1n) is 5.68. The fourth-order valence-electron chi connectivity index (χ4n) is 1.79. The van der Waals surface area contributed by atoms with Gasteiger partial charge in [0.05, 0.1) is 0 Å². The Bertz CT molecular complexity index is 666. The smallest absolute Gasteiger partial charge is 0.374 e. The van der Waals surface area contributed by atoms with E-state index in [1.165, 1.54) is 0 Å². The predicted octanol–water partition coefficient (Wildman–Crippen LogP) is 2.96. The van der Waals surface area contributed by atoms with Crippen molar-refractivity contribution in [2.45, 2.75) is 13.3 Å². The van der Waals surface area contributed by atoms with Crippen LogP contribution in [0.2, 0.25) is 10.0 Å². The third-order valence-corrected chi connectivity index (χ3v) is 3.41. The Labute approximate surface area is 125 Å². The van der Waals surface area contributed by atoms with Crippen LogP contribution in [-0.2, 0) is 6.42 Å². The molecule has 0 aliphatic carbocycles. The molecule has 0 atom stereocenters. The lowest BCUT2D eigenvalue weighted by Crippen LogP contribution is -2.12. The molecule has 0 aliphatic rings. The summed E-state index contributed by atoms with van der Waals surface area (Å²) in [5.74, 6) is -1.39. The summed E-state index contributed by atoms with van der Waals surface area (Å²) >= 11 is 11.9. The monoisotopic (exact) mass is 311 g/mol. The topological polar surface area (TPSA) is 89.1 Å². The minimum atomic E-state index is -1.21. The number of aromatic nitrogens is 2. The van der Waals surface area contributed by atoms with Crippen molar-refractivity contribution in [3.63, 3.8) is 0 Å². The molecule has 0 saturated heterocycles. The summed E-state index contributed by atoms with van der Waals surface area (Å²) in [7, 11) is 0. The van der Waals surface area contributed by atoms with Gasteiger partial charge in [-0.2, -0.15) is 0 Å². The van der Waals surface area contributed by atoms with Crippen molar-refractivity contribution >= 4 is 35.0 Å². The van der Waals surface area contributed by atoms with Gasteiger partial charge in [-0.3, -0.25) is 0 Å². The quantitative estimate of drug-likeness (QED) is 0.909. The van der Waals surface area contributed by atoms with Crippen molar-refractivity contribution in [2.24, 2.45) is 0 Å². The van der Waals surface area contributed by atoms with Gasteiger partial charge in [0.1, 0.15) is 5.82 Å².